The Bertz CT molecular complexity index is 1970. The van der Waals surface area contributed by atoms with Crippen molar-refractivity contribution in [3.8, 4) is 11.1 Å². The van der Waals surface area contributed by atoms with Crippen molar-refractivity contribution < 1.29 is 13.2 Å². The van der Waals surface area contributed by atoms with E-state index in [9.17, 15) is 13.2 Å². The molecule has 43 heavy (non-hydrogen) atoms. The Hall–Kier alpha value is -5.23. The van der Waals surface area contributed by atoms with Gasteiger partial charge in [-0.1, -0.05) is 84.9 Å². The van der Waals surface area contributed by atoms with Crippen LogP contribution < -0.4 is 26.2 Å². The van der Waals surface area contributed by atoms with Crippen molar-refractivity contribution in [1.29, 1.82) is 0 Å². The Morgan fingerprint density at radius 3 is 1.44 bits per heavy atom. The number of halogens is 3. The lowest BCUT2D eigenvalue weighted by atomic mass is 9.33. The topological polar surface area (TPSA) is 6.48 Å². The van der Waals surface area contributed by atoms with Crippen LogP contribution in [0.2, 0.25) is 0 Å². The fourth-order valence-corrected chi connectivity index (χ4v) is 6.63. The molecule has 0 aliphatic carbocycles. The lowest BCUT2D eigenvalue weighted by Gasteiger charge is -2.44. The zero-order valence-corrected chi connectivity index (χ0v) is 23.0. The maximum absolute atomic E-state index is 13.6. The molecule has 8 rings (SSSR count). The molecular formula is C37H24BF3N2. The van der Waals surface area contributed by atoms with Gasteiger partial charge in [-0.05, 0) is 88.2 Å². The van der Waals surface area contributed by atoms with Crippen molar-refractivity contribution >= 4 is 57.2 Å². The van der Waals surface area contributed by atoms with E-state index in [4.69, 9.17) is 0 Å². The molecule has 0 amide bonds. The van der Waals surface area contributed by atoms with Crippen LogP contribution in [0.4, 0.5) is 47.3 Å². The number of para-hydroxylation sites is 3. The van der Waals surface area contributed by atoms with Gasteiger partial charge in [0, 0.05) is 34.1 Å². The minimum absolute atomic E-state index is 0.0483. The quantitative estimate of drug-likeness (QED) is 0.199. The Morgan fingerprint density at radius 1 is 0.442 bits per heavy atom. The fraction of sp³-hybridized carbons (Fsp3) is 0.0270. The van der Waals surface area contributed by atoms with Crippen molar-refractivity contribution in [2.75, 3.05) is 9.80 Å². The van der Waals surface area contributed by atoms with Gasteiger partial charge in [-0.2, -0.15) is 13.2 Å². The van der Waals surface area contributed by atoms with E-state index in [1.807, 2.05) is 48.5 Å². The first-order chi connectivity index (χ1) is 21.0. The van der Waals surface area contributed by atoms with Crippen LogP contribution in [-0.4, -0.2) is 6.71 Å². The average molecular weight is 564 g/mol. The molecule has 2 nitrogen and oxygen atoms in total. The van der Waals surface area contributed by atoms with Crippen LogP contribution in [0, 0.1) is 0 Å². The number of nitrogens with zero attached hydrogens (tertiary/aromatic N) is 2. The zero-order valence-electron chi connectivity index (χ0n) is 23.0. The van der Waals surface area contributed by atoms with E-state index in [0.29, 0.717) is 5.69 Å². The van der Waals surface area contributed by atoms with Gasteiger partial charge in [-0.15, -0.1) is 0 Å². The molecule has 6 aromatic rings. The number of fused-ring (bicyclic) bond motifs is 4. The Morgan fingerprint density at radius 2 is 0.907 bits per heavy atom. The van der Waals surface area contributed by atoms with Crippen LogP contribution in [0.15, 0.2) is 146 Å². The minimum atomic E-state index is -4.41. The monoisotopic (exact) mass is 564 g/mol. The highest BCUT2D eigenvalue weighted by molar-refractivity contribution is 7.00. The molecule has 6 aromatic carbocycles. The first kappa shape index (κ1) is 25.5. The molecule has 0 bridgehead atoms. The van der Waals surface area contributed by atoms with Gasteiger partial charge < -0.3 is 9.80 Å². The Kier molecular flexibility index (Phi) is 5.73. The number of anilines is 6. The number of alkyl halides is 3. The van der Waals surface area contributed by atoms with Gasteiger partial charge >= 0.3 is 6.18 Å². The number of benzene rings is 6. The lowest BCUT2D eigenvalue weighted by Crippen LogP contribution is -2.61. The zero-order chi connectivity index (χ0) is 29.1. The number of rotatable bonds is 3. The van der Waals surface area contributed by atoms with E-state index >= 15 is 0 Å². The normalized spacial score (nSPS) is 13.3. The molecule has 0 N–H and O–H groups in total. The Labute approximate surface area is 248 Å². The van der Waals surface area contributed by atoms with E-state index < -0.39 is 11.7 Å². The van der Waals surface area contributed by atoms with Crippen molar-refractivity contribution in [2.45, 2.75) is 6.18 Å². The van der Waals surface area contributed by atoms with E-state index in [2.05, 4.69) is 82.6 Å². The molecule has 2 aliphatic heterocycles. The lowest BCUT2D eigenvalue weighted by molar-refractivity contribution is -0.137. The third kappa shape index (κ3) is 4.05. The summed E-state index contributed by atoms with van der Waals surface area (Å²) < 4.78 is 40.7. The minimum Gasteiger partial charge on any atom is -0.311 e. The molecule has 2 aliphatic rings. The first-order valence-corrected chi connectivity index (χ1v) is 14.2. The molecule has 0 saturated heterocycles. The molecular weight excluding hydrogens is 540 g/mol. The van der Waals surface area contributed by atoms with Gasteiger partial charge in [-0.3, -0.25) is 0 Å². The molecule has 0 saturated carbocycles. The predicted molar refractivity (Wildman–Crippen MR) is 171 cm³/mol. The highest BCUT2D eigenvalue weighted by Gasteiger charge is 2.43. The van der Waals surface area contributed by atoms with E-state index in [1.54, 1.807) is 12.1 Å². The van der Waals surface area contributed by atoms with Crippen molar-refractivity contribution in [3.05, 3.63) is 151 Å². The number of hydrogen-bond acceptors (Lipinski definition) is 2. The molecule has 0 unspecified atom stereocenters. The highest BCUT2D eigenvalue weighted by Crippen LogP contribution is 2.46. The molecule has 0 fully saturated rings. The maximum Gasteiger partial charge on any atom is 0.416 e. The standard InChI is InChI=1S/C37H24BF3N2/c39-37(40,41)27-19-21-29(22-20-27)43-33-18-10-8-16-31(33)38-30-15-7-9-17-32(30)42(28-13-5-2-6-14-28)34-23-26(24-35(43)36(34)38)25-11-3-1-4-12-25/h1-24H. The fourth-order valence-electron chi connectivity index (χ4n) is 6.63. The van der Waals surface area contributed by atoms with Crippen molar-refractivity contribution in [2.24, 2.45) is 0 Å². The second kappa shape index (κ2) is 9.67. The summed E-state index contributed by atoms with van der Waals surface area (Å²) in [6, 6.07) is 47.3. The van der Waals surface area contributed by atoms with Crippen LogP contribution in [0.5, 0.6) is 0 Å². The smallest absolute Gasteiger partial charge is 0.311 e. The van der Waals surface area contributed by atoms with Crippen LogP contribution >= 0.6 is 0 Å². The van der Waals surface area contributed by atoms with Gasteiger partial charge in [0.1, 0.15) is 0 Å². The summed E-state index contributed by atoms with van der Waals surface area (Å²) in [6.45, 7) is -0.0483. The molecule has 206 valence electrons. The molecule has 0 aromatic heterocycles. The summed E-state index contributed by atoms with van der Waals surface area (Å²) in [5.41, 5.74) is 10.7. The van der Waals surface area contributed by atoms with Crippen molar-refractivity contribution in [3.63, 3.8) is 0 Å². The SMILES string of the molecule is FC(F)(F)c1ccc(N2c3ccccc3B3c4ccccc4N(c4ccccc4)c4cc(-c5ccccc5)cc2c43)cc1. The van der Waals surface area contributed by atoms with Crippen LogP contribution in [-0.2, 0) is 6.18 Å². The molecule has 6 heteroatoms. The van der Waals surface area contributed by atoms with Gasteiger partial charge in [0.2, 0.25) is 0 Å². The molecule has 2 heterocycles. The van der Waals surface area contributed by atoms with Gasteiger partial charge in [0.15, 0.2) is 0 Å². The average Bonchev–Trinajstić information content (AvgIpc) is 3.05. The largest absolute Gasteiger partial charge is 0.416 e. The highest BCUT2D eigenvalue weighted by atomic mass is 19.4. The summed E-state index contributed by atoms with van der Waals surface area (Å²) in [5, 5.41) is 0. The van der Waals surface area contributed by atoms with E-state index in [0.717, 1.165) is 50.5 Å². The summed E-state index contributed by atoms with van der Waals surface area (Å²) in [7, 11) is 0. The van der Waals surface area contributed by atoms with Crippen LogP contribution in [0.3, 0.4) is 0 Å². The first-order valence-electron chi connectivity index (χ1n) is 14.2. The van der Waals surface area contributed by atoms with Gasteiger partial charge in [0.05, 0.1) is 5.56 Å². The summed E-state index contributed by atoms with van der Waals surface area (Å²) in [6.07, 6.45) is -4.41. The van der Waals surface area contributed by atoms with E-state index in [-0.39, 0.29) is 6.71 Å². The molecule has 0 radical (unpaired) electrons. The predicted octanol–water partition coefficient (Wildman–Crippen LogP) is 8.46. The Balaban J connectivity index is 1.47. The third-order valence-electron chi connectivity index (χ3n) is 8.46. The second-order valence-electron chi connectivity index (χ2n) is 10.9. The van der Waals surface area contributed by atoms with Gasteiger partial charge in [-0.25, -0.2) is 0 Å². The maximum atomic E-state index is 13.6. The summed E-state index contributed by atoms with van der Waals surface area (Å²) in [5.74, 6) is 0. The van der Waals surface area contributed by atoms with Gasteiger partial charge in [0.25, 0.3) is 6.71 Å². The van der Waals surface area contributed by atoms with E-state index in [1.165, 1.54) is 17.6 Å². The summed E-state index contributed by atoms with van der Waals surface area (Å²) in [4.78, 5) is 4.43. The molecule has 0 spiro atoms. The summed E-state index contributed by atoms with van der Waals surface area (Å²) >= 11 is 0. The van der Waals surface area contributed by atoms with Crippen LogP contribution in [0.25, 0.3) is 11.1 Å². The number of hydrogen-bond donors (Lipinski definition) is 0. The molecule has 0 atom stereocenters. The third-order valence-corrected chi connectivity index (χ3v) is 8.46. The van der Waals surface area contributed by atoms with Crippen LogP contribution in [0.1, 0.15) is 5.56 Å². The van der Waals surface area contributed by atoms with Crippen molar-refractivity contribution in [1.82, 2.24) is 0 Å². The second-order valence-corrected chi connectivity index (χ2v) is 10.9.